The van der Waals surface area contributed by atoms with Crippen molar-refractivity contribution in [1.29, 1.82) is 0 Å². The Morgan fingerprint density at radius 2 is 2.13 bits per heavy atom. The fraction of sp³-hybridized carbons (Fsp3) is 0.389. The maximum Gasteiger partial charge on any atom is 0.322 e. The molecule has 3 rings (SSSR count). The number of fused-ring (bicyclic) bond motifs is 1. The summed E-state index contributed by atoms with van der Waals surface area (Å²) in [5.74, 6) is 0. The van der Waals surface area contributed by atoms with E-state index in [1.54, 1.807) is 0 Å². The minimum absolute atomic E-state index is 0.0544. The van der Waals surface area contributed by atoms with Crippen molar-refractivity contribution < 1.29 is 4.79 Å². The Morgan fingerprint density at radius 3 is 2.91 bits per heavy atom. The first-order chi connectivity index (χ1) is 11.1. The van der Waals surface area contributed by atoms with Gasteiger partial charge in [-0.3, -0.25) is 0 Å². The smallest absolute Gasteiger partial charge is 0.322 e. The topological polar surface area (TPSA) is 37.3 Å². The first-order valence-corrected chi connectivity index (χ1v) is 8.47. The molecule has 1 N–H and O–H groups in total. The van der Waals surface area contributed by atoms with Gasteiger partial charge >= 0.3 is 6.03 Å². The monoisotopic (exact) mass is 331 g/mol. The molecule has 1 aliphatic rings. The summed E-state index contributed by atoms with van der Waals surface area (Å²) in [6.45, 7) is 5.63. The van der Waals surface area contributed by atoms with Gasteiger partial charge in [0, 0.05) is 35.7 Å². The van der Waals surface area contributed by atoms with E-state index in [2.05, 4.69) is 35.1 Å². The van der Waals surface area contributed by atoms with E-state index in [9.17, 15) is 4.79 Å². The van der Waals surface area contributed by atoms with Crippen LogP contribution in [0.4, 0.5) is 10.5 Å². The standard InChI is InChI=1S/C18H22ClN3O/c1-3-6-17-16-9-5-10-21(16)11-12-22(17)18(23)20-15-8-4-7-14(19)13(15)2/h4-5,7-10,17H,3,6,11-12H2,1-2H3,(H,20,23). The predicted molar refractivity (Wildman–Crippen MR) is 94.0 cm³/mol. The van der Waals surface area contributed by atoms with Gasteiger partial charge in [-0.15, -0.1) is 0 Å². The molecule has 1 atom stereocenters. The summed E-state index contributed by atoms with van der Waals surface area (Å²) in [7, 11) is 0. The molecular formula is C18H22ClN3O. The van der Waals surface area contributed by atoms with Crippen molar-refractivity contribution in [2.45, 2.75) is 39.3 Å². The first-order valence-electron chi connectivity index (χ1n) is 8.09. The molecule has 0 bridgehead atoms. The Hall–Kier alpha value is -1.94. The van der Waals surface area contributed by atoms with Gasteiger partial charge in [-0.05, 0) is 43.2 Å². The molecule has 0 fully saturated rings. The molecule has 23 heavy (non-hydrogen) atoms. The molecule has 2 amide bonds. The summed E-state index contributed by atoms with van der Waals surface area (Å²) in [5.41, 5.74) is 2.89. The van der Waals surface area contributed by atoms with Crippen LogP contribution in [0.3, 0.4) is 0 Å². The fourth-order valence-electron chi connectivity index (χ4n) is 3.21. The average Bonchev–Trinajstić information content (AvgIpc) is 3.01. The number of amides is 2. The van der Waals surface area contributed by atoms with Crippen molar-refractivity contribution in [2.24, 2.45) is 0 Å². The van der Waals surface area contributed by atoms with Crippen molar-refractivity contribution in [3.05, 3.63) is 52.8 Å². The van der Waals surface area contributed by atoms with Crippen LogP contribution < -0.4 is 5.32 Å². The summed E-state index contributed by atoms with van der Waals surface area (Å²) >= 11 is 6.15. The Labute approximate surface area is 142 Å². The summed E-state index contributed by atoms with van der Waals surface area (Å²) in [6, 6.07) is 9.83. The molecule has 1 aromatic carbocycles. The highest BCUT2D eigenvalue weighted by Gasteiger charge is 2.30. The molecule has 0 aliphatic carbocycles. The van der Waals surface area contributed by atoms with Crippen molar-refractivity contribution >= 4 is 23.3 Å². The zero-order chi connectivity index (χ0) is 16.4. The van der Waals surface area contributed by atoms with E-state index in [4.69, 9.17) is 11.6 Å². The number of aromatic nitrogens is 1. The Balaban J connectivity index is 1.82. The third-order valence-corrected chi connectivity index (χ3v) is 4.91. The van der Waals surface area contributed by atoms with E-state index in [0.29, 0.717) is 5.02 Å². The maximum absolute atomic E-state index is 12.8. The molecule has 5 heteroatoms. The van der Waals surface area contributed by atoms with E-state index in [-0.39, 0.29) is 12.1 Å². The predicted octanol–water partition coefficient (Wildman–Crippen LogP) is 4.84. The number of nitrogens with zero attached hydrogens (tertiary/aromatic N) is 2. The van der Waals surface area contributed by atoms with E-state index < -0.39 is 0 Å². The molecule has 1 aromatic heterocycles. The number of hydrogen-bond acceptors (Lipinski definition) is 1. The van der Waals surface area contributed by atoms with Crippen LogP contribution in [-0.2, 0) is 6.54 Å². The number of nitrogens with one attached hydrogen (secondary N) is 1. The molecule has 0 spiro atoms. The van der Waals surface area contributed by atoms with Crippen LogP contribution in [0, 0.1) is 6.92 Å². The van der Waals surface area contributed by atoms with Crippen molar-refractivity contribution in [2.75, 3.05) is 11.9 Å². The first kappa shape index (κ1) is 15.9. The van der Waals surface area contributed by atoms with Gasteiger partial charge < -0.3 is 14.8 Å². The van der Waals surface area contributed by atoms with Gasteiger partial charge in [0.15, 0.2) is 0 Å². The molecule has 1 unspecified atom stereocenters. The molecule has 0 radical (unpaired) electrons. The van der Waals surface area contributed by atoms with Crippen LogP contribution in [0.5, 0.6) is 0 Å². The lowest BCUT2D eigenvalue weighted by Crippen LogP contribution is -2.44. The highest BCUT2D eigenvalue weighted by Crippen LogP contribution is 2.31. The van der Waals surface area contributed by atoms with Crippen molar-refractivity contribution in [3.8, 4) is 0 Å². The molecule has 122 valence electrons. The number of rotatable bonds is 3. The number of halogens is 1. The van der Waals surface area contributed by atoms with Crippen LogP contribution in [0.25, 0.3) is 0 Å². The van der Waals surface area contributed by atoms with Gasteiger partial charge in [-0.25, -0.2) is 4.79 Å². The molecule has 2 aromatic rings. The quantitative estimate of drug-likeness (QED) is 0.858. The van der Waals surface area contributed by atoms with Gasteiger partial charge in [0.1, 0.15) is 0 Å². The minimum atomic E-state index is -0.0544. The number of carbonyl (C=O) groups excluding carboxylic acids is 1. The van der Waals surface area contributed by atoms with Crippen LogP contribution in [0.2, 0.25) is 5.02 Å². The Kier molecular flexibility index (Phi) is 4.62. The number of urea groups is 1. The number of anilines is 1. The lowest BCUT2D eigenvalue weighted by molar-refractivity contribution is 0.163. The van der Waals surface area contributed by atoms with E-state index in [0.717, 1.165) is 37.2 Å². The van der Waals surface area contributed by atoms with Crippen molar-refractivity contribution in [1.82, 2.24) is 9.47 Å². The fourth-order valence-corrected chi connectivity index (χ4v) is 3.39. The normalized spacial score (nSPS) is 17.0. The minimum Gasteiger partial charge on any atom is -0.348 e. The molecular weight excluding hydrogens is 310 g/mol. The second-order valence-electron chi connectivity index (χ2n) is 5.97. The van der Waals surface area contributed by atoms with Crippen LogP contribution in [0.15, 0.2) is 36.5 Å². The second-order valence-corrected chi connectivity index (χ2v) is 6.37. The number of carbonyl (C=O) groups is 1. The number of hydrogen-bond donors (Lipinski definition) is 1. The SMILES string of the molecule is CCCC1c2cccn2CCN1C(=O)Nc1cccc(Cl)c1C. The lowest BCUT2D eigenvalue weighted by Gasteiger charge is -2.37. The molecule has 0 saturated heterocycles. The van der Waals surface area contributed by atoms with Gasteiger partial charge in [-0.2, -0.15) is 0 Å². The molecule has 1 aliphatic heterocycles. The Bertz CT molecular complexity index is 710. The van der Waals surface area contributed by atoms with Gasteiger partial charge in [0.2, 0.25) is 0 Å². The highest BCUT2D eigenvalue weighted by molar-refractivity contribution is 6.31. The Morgan fingerprint density at radius 1 is 1.30 bits per heavy atom. The summed E-state index contributed by atoms with van der Waals surface area (Å²) in [5, 5.41) is 3.69. The molecule has 0 saturated carbocycles. The maximum atomic E-state index is 12.8. The van der Waals surface area contributed by atoms with E-state index >= 15 is 0 Å². The largest absolute Gasteiger partial charge is 0.348 e. The van der Waals surface area contributed by atoms with Crippen LogP contribution in [-0.4, -0.2) is 22.0 Å². The van der Waals surface area contributed by atoms with Crippen LogP contribution >= 0.6 is 11.6 Å². The molecule has 2 heterocycles. The summed E-state index contributed by atoms with van der Waals surface area (Å²) in [6.07, 6.45) is 4.09. The van der Waals surface area contributed by atoms with E-state index in [1.165, 1.54) is 5.69 Å². The van der Waals surface area contributed by atoms with Crippen LogP contribution in [0.1, 0.15) is 37.1 Å². The summed E-state index contributed by atoms with van der Waals surface area (Å²) < 4.78 is 2.24. The average molecular weight is 332 g/mol. The zero-order valence-electron chi connectivity index (χ0n) is 13.6. The lowest BCUT2D eigenvalue weighted by atomic mass is 10.0. The summed E-state index contributed by atoms with van der Waals surface area (Å²) in [4.78, 5) is 14.8. The highest BCUT2D eigenvalue weighted by atomic mass is 35.5. The number of benzene rings is 1. The van der Waals surface area contributed by atoms with E-state index in [1.807, 2.05) is 30.0 Å². The van der Waals surface area contributed by atoms with Gasteiger partial charge in [-0.1, -0.05) is 31.0 Å². The third kappa shape index (κ3) is 3.08. The molecule has 4 nitrogen and oxygen atoms in total. The third-order valence-electron chi connectivity index (χ3n) is 4.50. The van der Waals surface area contributed by atoms with Crippen molar-refractivity contribution in [3.63, 3.8) is 0 Å². The van der Waals surface area contributed by atoms with Gasteiger partial charge in [0.05, 0.1) is 6.04 Å². The van der Waals surface area contributed by atoms with Gasteiger partial charge in [0.25, 0.3) is 0 Å². The zero-order valence-corrected chi connectivity index (χ0v) is 14.3. The second kappa shape index (κ2) is 6.67.